The van der Waals surface area contributed by atoms with Crippen LogP contribution in [0.4, 0.5) is 4.79 Å². The van der Waals surface area contributed by atoms with E-state index in [0.717, 1.165) is 18.7 Å². The van der Waals surface area contributed by atoms with Gasteiger partial charge in [-0.05, 0) is 36.0 Å². The topological polar surface area (TPSA) is 32.3 Å². The molecule has 1 fully saturated rings. The Bertz CT molecular complexity index is 491. The fourth-order valence-electron chi connectivity index (χ4n) is 2.73. The molecule has 1 heterocycles. The highest BCUT2D eigenvalue weighted by atomic mass is 35.5. The number of likely N-dealkylation sites (tertiary alicyclic amines) is 1. The molecule has 0 spiro atoms. The van der Waals surface area contributed by atoms with Crippen LogP contribution in [-0.2, 0) is 0 Å². The Hall–Kier alpha value is -1.48. The van der Waals surface area contributed by atoms with E-state index in [0.29, 0.717) is 16.9 Å². The van der Waals surface area contributed by atoms with Gasteiger partial charge in [-0.2, -0.15) is 0 Å². The van der Waals surface area contributed by atoms with Gasteiger partial charge in [-0.25, -0.2) is 4.79 Å². The summed E-state index contributed by atoms with van der Waals surface area (Å²) in [6, 6.07) is 7.51. The summed E-state index contributed by atoms with van der Waals surface area (Å²) in [5.41, 5.74) is 0.898. The van der Waals surface area contributed by atoms with E-state index >= 15 is 0 Å². The maximum absolute atomic E-state index is 12.1. The molecule has 0 bridgehead atoms. The van der Waals surface area contributed by atoms with E-state index in [9.17, 15) is 4.79 Å². The van der Waals surface area contributed by atoms with Gasteiger partial charge in [0.15, 0.2) is 0 Å². The molecule has 20 heavy (non-hydrogen) atoms. The Morgan fingerprint density at radius 3 is 2.60 bits per heavy atom. The van der Waals surface area contributed by atoms with Crippen LogP contribution in [0.3, 0.4) is 0 Å². The Balaban J connectivity index is 1.90. The zero-order valence-electron chi connectivity index (χ0n) is 12.0. The van der Waals surface area contributed by atoms with Crippen molar-refractivity contribution in [3.05, 3.63) is 41.1 Å². The molecule has 2 amide bonds. The molecule has 2 unspecified atom stereocenters. The number of carbonyl (C=O) groups excluding carboxylic acids is 1. The van der Waals surface area contributed by atoms with Gasteiger partial charge in [0.05, 0.1) is 0 Å². The third kappa shape index (κ3) is 4.01. The van der Waals surface area contributed by atoms with Gasteiger partial charge in [0.2, 0.25) is 0 Å². The highest BCUT2D eigenvalue weighted by molar-refractivity contribution is 6.32. The number of urea groups is 1. The molecule has 3 nitrogen and oxygen atoms in total. The van der Waals surface area contributed by atoms with Gasteiger partial charge in [-0.15, -0.1) is 0 Å². The molecule has 0 aliphatic carbocycles. The second-order valence-corrected chi connectivity index (χ2v) is 6.06. The van der Waals surface area contributed by atoms with Crippen LogP contribution < -0.4 is 5.32 Å². The summed E-state index contributed by atoms with van der Waals surface area (Å²) in [5, 5.41) is 3.50. The molecule has 1 aliphatic rings. The monoisotopic (exact) mass is 292 g/mol. The van der Waals surface area contributed by atoms with Crippen LogP contribution in [0.15, 0.2) is 30.5 Å². The Kier molecular flexibility index (Phi) is 5.07. The quantitative estimate of drug-likeness (QED) is 0.878. The molecule has 0 aromatic heterocycles. The maximum Gasteiger partial charge on any atom is 0.321 e. The van der Waals surface area contributed by atoms with Crippen LogP contribution in [0.2, 0.25) is 5.02 Å². The van der Waals surface area contributed by atoms with Gasteiger partial charge in [0, 0.05) is 24.3 Å². The number of hydrogen-bond acceptors (Lipinski definition) is 1. The number of piperidine rings is 1. The van der Waals surface area contributed by atoms with E-state index in [1.54, 1.807) is 6.20 Å². The van der Waals surface area contributed by atoms with Gasteiger partial charge in [-0.1, -0.05) is 43.6 Å². The Labute approximate surface area is 125 Å². The van der Waals surface area contributed by atoms with Crippen molar-refractivity contribution < 1.29 is 4.79 Å². The molecule has 0 saturated carbocycles. The summed E-state index contributed by atoms with van der Waals surface area (Å²) in [6.45, 7) is 6.04. The predicted octanol–water partition coefficient (Wildman–Crippen LogP) is 4.00. The molecule has 0 radical (unpaired) electrons. The second kappa shape index (κ2) is 6.80. The van der Waals surface area contributed by atoms with Gasteiger partial charge < -0.3 is 10.2 Å². The lowest BCUT2D eigenvalue weighted by atomic mass is 9.92. The Morgan fingerprint density at radius 2 is 1.95 bits per heavy atom. The normalized spacial score (nSPS) is 23.1. The molecule has 1 saturated heterocycles. The first-order valence-corrected chi connectivity index (χ1v) is 7.40. The average Bonchev–Trinajstić information content (AvgIpc) is 2.39. The highest BCUT2D eigenvalue weighted by Crippen LogP contribution is 2.21. The summed E-state index contributed by atoms with van der Waals surface area (Å²) in [7, 11) is 0. The van der Waals surface area contributed by atoms with E-state index in [4.69, 9.17) is 11.6 Å². The van der Waals surface area contributed by atoms with Crippen molar-refractivity contribution >= 4 is 23.7 Å². The van der Waals surface area contributed by atoms with Gasteiger partial charge in [0.25, 0.3) is 0 Å². The van der Waals surface area contributed by atoms with Crippen LogP contribution in [0.5, 0.6) is 0 Å². The van der Waals surface area contributed by atoms with E-state index in [1.807, 2.05) is 35.2 Å². The van der Waals surface area contributed by atoms with E-state index in [-0.39, 0.29) is 6.03 Å². The predicted molar refractivity (Wildman–Crippen MR) is 83.5 cm³/mol. The zero-order valence-corrected chi connectivity index (χ0v) is 12.7. The van der Waals surface area contributed by atoms with Crippen LogP contribution >= 0.6 is 11.6 Å². The lowest BCUT2D eigenvalue weighted by Gasteiger charge is -2.34. The molecular weight excluding hydrogens is 272 g/mol. The molecule has 4 heteroatoms. The van der Waals surface area contributed by atoms with E-state index < -0.39 is 0 Å². The van der Waals surface area contributed by atoms with Crippen LogP contribution in [0, 0.1) is 11.8 Å². The molecule has 2 atom stereocenters. The lowest BCUT2D eigenvalue weighted by Crippen LogP contribution is -2.46. The number of amides is 2. The van der Waals surface area contributed by atoms with Crippen LogP contribution in [-0.4, -0.2) is 24.0 Å². The first-order chi connectivity index (χ1) is 9.56. The molecular formula is C16H21ClN2O. The third-order valence-corrected chi connectivity index (χ3v) is 3.88. The SMILES string of the molecule is CC1CC(C)CN(C(=O)N/C=C/c2ccccc2Cl)C1. The van der Waals surface area contributed by atoms with Crippen molar-refractivity contribution in [1.29, 1.82) is 0 Å². The largest absolute Gasteiger partial charge is 0.324 e. The highest BCUT2D eigenvalue weighted by Gasteiger charge is 2.24. The summed E-state index contributed by atoms with van der Waals surface area (Å²) in [6.07, 6.45) is 4.67. The summed E-state index contributed by atoms with van der Waals surface area (Å²) in [5.74, 6) is 1.13. The summed E-state index contributed by atoms with van der Waals surface area (Å²) >= 11 is 6.05. The van der Waals surface area contributed by atoms with Gasteiger partial charge in [0.1, 0.15) is 0 Å². The van der Waals surface area contributed by atoms with Gasteiger partial charge in [-0.3, -0.25) is 0 Å². The molecule has 1 aromatic carbocycles. The zero-order chi connectivity index (χ0) is 14.5. The lowest BCUT2D eigenvalue weighted by molar-refractivity contribution is 0.149. The van der Waals surface area contributed by atoms with Crippen molar-refractivity contribution in [2.45, 2.75) is 20.3 Å². The first kappa shape index (κ1) is 14.9. The maximum atomic E-state index is 12.1. The van der Waals surface area contributed by atoms with Crippen LogP contribution in [0.1, 0.15) is 25.8 Å². The number of nitrogens with one attached hydrogen (secondary N) is 1. The standard InChI is InChI=1S/C16H21ClN2O/c1-12-9-13(2)11-19(10-12)16(20)18-8-7-14-5-3-4-6-15(14)17/h3-8,12-13H,9-11H2,1-2H3,(H,18,20)/b8-7+. The van der Waals surface area contributed by atoms with Crippen molar-refractivity contribution in [1.82, 2.24) is 10.2 Å². The molecule has 108 valence electrons. The van der Waals surface area contributed by atoms with E-state index in [1.165, 1.54) is 6.42 Å². The van der Waals surface area contributed by atoms with Crippen molar-refractivity contribution in [3.8, 4) is 0 Å². The minimum Gasteiger partial charge on any atom is -0.324 e. The molecule has 2 rings (SSSR count). The number of rotatable bonds is 2. The van der Waals surface area contributed by atoms with Crippen molar-refractivity contribution in [3.63, 3.8) is 0 Å². The molecule has 1 N–H and O–H groups in total. The fourth-order valence-corrected chi connectivity index (χ4v) is 2.93. The van der Waals surface area contributed by atoms with Crippen molar-refractivity contribution in [2.24, 2.45) is 11.8 Å². The molecule has 1 aliphatic heterocycles. The van der Waals surface area contributed by atoms with Gasteiger partial charge >= 0.3 is 6.03 Å². The summed E-state index contributed by atoms with van der Waals surface area (Å²) in [4.78, 5) is 14.0. The first-order valence-electron chi connectivity index (χ1n) is 7.02. The Morgan fingerprint density at radius 1 is 1.30 bits per heavy atom. The van der Waals surface area contributed by atoms with E-state index in [2.05, 4.69) is 19.2 Å². The minimum absolute atomic E-state index is 0.0355. The number of halogens is 1. The van der Waals surface area contributed by atoms with Crippen LogP contribution in [0.25, 0.3) is 6.08 Å². The number of nitrogens with zero attached hydrogens (tertiary/aromatic N) is 1. The minimum atomic E-state index is -0.0355. The molecule has 1 aromatic rings. The third-order valence-electron chi connectivity index (χ3n) is 3.53. The van der Waals surface area contributed by atoms with Crippen molar-refractivity contribution in [2.75, 3.05) is 13.1 Å². The number of benzene rings is 1. The second-order valence-electron chi connectivity index (χ2n) is 5.66. The number of carbonyl (C=O) groups is 1. The average molecular weight is 293 g/mol. The fraction of sp³-hybridized carbons (Fsp3) is 0.438. The smallest absolute Gasteiger partial charge is 0.321 e. The number of hydrogen-bond donors (Lipinski definition) is 1. The summed E-state index contributed by atoms with van der Waals surface area (Å²) < 4.78 is 0.